The van der Waals surface area contributed by atoms with Gasteiger partial charge in [0, 0.05) is 9.61 Å². The third kappa shape index (κ3) is 3.48. The van der Waals surface area contributed by atoms with E-state index in [2.05, 4.69) is 22.6 Å². The molecular formula is C14H11F3IN. The minimum atomic E-state index is -1.47. The SMILES string of the molecule is NC(Cc1ccc(I)cc1)c1cc(F)c(F)c(F)c1. The molecule has 2 aromatic rings. The molecule has 2 rings (SSSR count). The van der Waals surface area contributed by atoms with Gasteiger partial charge in [-0.15, -0.1) is 0 Å². The number of hydrogen-bond donors (Lipinski definition) is 1. The molecule has 0 heterocycles. The molecule has 1 unspecified atom stereocenters. The molecule has 1 atom stereocenters. The van der Waals surface area contributed by atoms with E-state index >= 15 is 0 Å². The highest BCUT2D eigenvalue weighted by Gasteiger charge is 2.15. The molecule has 0 radical (unpaired) electrons. The van der Waals surface area contributed by atoms with Crippen molar-refractivity contribution in [3.8, 4) is 0 Å². The average molecular weight is 377 g/mol. The Morgan fingerprint density at radius 3 is 2.05 bits per heavy atom. The largest absolute Gasteiger partial charge is 0.324 e. The van der Waals surface area contributed by atoms with E-state index in [-0.39, 0.29) is 5.56 Å². The zero-order valence-corrected chi connectivity index (χ0v) is 12.0. The molecule has 100 valence electrons. The highest BCUT2D eigenvalue weighted by atomic mass is 127. The third-order valence-corrected chi connectivity index (χ3v) is 3.52. The molecule has 2 aromatic carbocycles. The van der Waals surface area contributed by atoms with Gasteiger partial charge in [0.1, 0.15) is 0 Å². The first-order chi connectivity index (χ1) is 8.97. The molecule has 0 fully saturated rings. The summed E-state index contributed by atoms with van der Waals surface area (Å²) in [6.45, 7) is 0. The van der Waals surface area contributed by atoms with Crippen LogP contribution in [0.2, 0.25) is 0 Å². The van der Waals surface area contributed by atoms with Crippen molar-refractivity contribution in [2.24, 2.45) is 5.73 Å². The normalized spacial score (nSPS) is 12.5. The van der Waals surface area contributed by atoms with Gasteiger partial charge in [0.25, 0.3) is 0 Å². The maximum absolute atomic E-state index is 13.1. The number of nitrogens with two attached hydrogens (primary N) is 1. The molecule has 2 N–H and O–H groups in total. The fourth-order valence-corrected chi connectivity index (χ4v) is 2.14. The average Bonchev–Trinajstić information content (AvgIpc) is 2.38. The smallest absolute Gasteiger partial charge is 0.194 e. The van der Waals surface area contributed by atoms with E-state index in [0.29, 0.717) is 6.42 Å². The van der Waals surface area contributed by atoms with Crippen molar-refractivity contribution in [2.45, 2.75) is 12.5 Å². The zero-order valence-electron chi connectivity index (χ0n) is 9.84. The number of hydrogen-bond acceptors (Lipinski definition) is 1. The van der Waals surface area contributed by atoms with E-state index < -0.39 is 23.5 Å². The van der Waals surface area contributed by atoms with Gasteiger partial charge in [-0.1, -0.05) is 12.1 Å². The first-order valence-corrected chi connectivity index (χ1v) is 6.69. The second-order valence-corrected chi connectivity index (χ2v) is 5.48. The number of benzene rings is 2. The fourth-order valence-electron chi connectivity index (χ4n) is 1.78. The first kappa shape index (κ1) is 14.3. The summed E-state index contributed by atoms with van der Waals surface area (Å²) in [6, 6.07) is 8.95. The van der Waals surface area contributed by atoms with Gasteiger partial charge in [0.2, 0.25) is 0 Å². The monoisotopic (exact) mass is 377 g/mol. The van der Waals surface area contributed by atoms with Crippen molar-refractivity contribution in [2.75, 3.05) is 0 Å². The van der Waals surface area contributed by atoms with Crippen LogP contribution < -0.4 is 5.73 Å². The highest BCUT2D eigenvalue weighted by Crippen LogP contribution is 2.21. The maximum atomic E-state index is 13.1. The number of halogens is 4. The Labute approximate surface area is 122 Å². The van der Waals surface area contributed by atoms with Crippen molar-refractivity contribution in [1.82, 2.24) is 0 Å². The predicted molar refractivity (Wildman–Crippen MR) is 76.1 cm³/mol. The summed E-state index contributed by atoms with van der Waals surface area (Å²) >= 11 is 2.18. The van der Waals surface area contributed by atoms with Gasteiger partial charge in [-0.05, 0) is 64.4 Å². The lowest BCUT2D eigenvalue weighted by Gasteiger charge is -2.13. The van der Waals surface area contributed by atoms with Crippen molar-refractivity contribution in [3.05, 3.63) is 68.5 Å². The molecular weight excluding hydrogens is 366 g/mol. The maximum Gasteiger partial charge on any atom is 0.194 e. The Bertz CT molecular complexity index is 561. The van der Waals surface area contributed by atoms with Crippen LogP contribution in [0.5, 0.6) is 0 Å². The van der Waals surface area contributed by atoms with Crippen LogP contribution in [-0.2, 0) is 6.42 Å². The Kier molecular flexibility index (Phi) is 4.46. The summed E-state index contributed by atoms with van der Waals surface area (Å²) < 4.78 is 40.2. The molecule has 0 saturated heterocycles. The van der Waals surface area contributed by atoms with E-state index in [1.54, 1.807) is 0 Å². The van der Waals surface area contributed by atoms with Crippen LogP contribution in [0, 0.1) is 21.0 Å². The summed E-state index contributed by atoms with van der Waals surface area (Å²) in [4.78, 5) is 0. The van der Waals surface area contributed by atoms with Gasteiger partial charge in [-0.3, -0.25) is 0 Å². The zero-order chi connectivity index (χ0) is 14.0. The molecule has 0 aliphatic rings. The molecule has 0 bridgehead atoms. The molecule has 0 aliphatic carbocycles. The molecule has 0 aromatic heterocycles. The Morgan fingerprint density at radius 2 is 1.53 bits per heavy atom. The number of rotatable bonds is 3. The van der Waals surface area contributed by atoms with Gasteiger partial charge in [0.15, 0.2) is 17.5 Å². The highest BCUT2D eigenvalue weighted by molar-refractivity contribution is 14.1. The fraction of sp³-hybridized carbons (Fsp3) is 0.143. The van der Waals surface area contributed by atoms with Crippen LogP contribution in [0.3, 0.4) is 0 Å². The quantitative estimate of drug-likeness (QED) is 0.636. The Morgan fingerprint density at radius 1 is 1.00 bits per heavy atom. The first-order valence-electron chi connectivity index (χ1n) is 5.62. The van der Waals surface area contributed by atoms with Crippen LogP contribution >= 0.6 is 22.6 Å². The Balaban J connectivity index is 2.20. The predicted octanol–water partition coefficient (Wildman–Crippen LogP) is 3.95. The van der Waals surface area contributed by atoms with Crippen LogP contribution in [0.4, 0.5) is 13.2 Å². The lowest BCUT2D eigenvalue weighted by molar-refractivity contribution is 0.443. The van der Waals surface area contributed by atoms with Crippen LogP contribution in [0.15, 0.2) is 36.4 Å². The van der Waals surface area contributed by atoms with E-state index in [1.807, 2.05) is 24.3 Å². The summed E-state index contributed by atoms with van der Waals surface area (Å²) in [5, 5.41) is 0. The minimum Gasteiger partial charge on any atom is -0.324 e. The Hall–Kier alpha value is -1.08. The summed E-state index contributed by atoms with van der Waals surface area (Å²) in [5.74, 6) is -3.90. The van der Waals surface area contributed by atoms with E-state index in [1.165, 1.54) is 0 Å². The van der Waals surface area contributed by atoms with Crippen LogP contribution in [-0.4, -0.2) is 0 Å². The second-order valence-electron chi connectivity index (χ2n) is 4.24. The standard InChI is InChI=1S/C14H11F3IN/c15-11-6-9(7-12(16)14(11)17)13(19)5-8-1-3-10(18)4-2-8/h1-4,6-7,13H,5,19H2. The van der Waals surface area contributed by atoms with Crippen molar-refractivity contribution in [1.29, 1.82) is 0 Å². The summed E-state index contributed by atoms with van der Waals surface area (Å²) in [5.41, 5.74) is 7.10. The lowest BCUT2D eigenvalue weighted by atomic mass is 9.99. The van der Waals surface area contributed by atoms with Crippen molar-refractivity contribution in [3.63, 3.8) is 0 Å². The third-order valence-electron chi connectivity index (χ3n) is 2.80. The minimum absolute atomic E-state index is 0.245. The molecule has 1 nitrogen and oxygen atoms in total. The van der Waals surface area contributed by atoms with Crippen molar-refractivity contribution < 1.29 is 13.2 Å². The lowest BCUT2D eigenvalue weighted by Crippen LogP contribution is -2.14. The van der Waals surface area contributed by atoms with Gasteiger partial charge in [-0.2, -0.15) is 0 Å². The van der Waals surface area contributed by atoms with Crippen molar-refractivity contribution >= 4 is 22.6 Å². The van der Waals surface area contributed by atoms with Crippen LogP contribution in [0.1, 0.15) is 17.2 Å². The van der Waals surface area contributed by atoms with Gasteiger partial charge in [0.05, 0.1) is 0 Å². The van der Waals surface area contributed by atoms with E-state index in [4.69, 9.17) is 5.73 Å². The van der Waals surface area contributed by atoms with E-state index in [0.717, 1.165) is 21.3 Å². The summed E-state index contributed by atoms with van der Waals surface area (Å²) in [6.07, 6.45) is 0.432. The van der Waals surface area contributed by atoms with Gasteiger partial charge in [-0.25, -0.2) is 13.2 Å². The molecule has 0 aliphatic heterocycles. The van der Waals surface area contributed by atoms with E-state index in [9.17, 15) is 13.2 Å². The molecule has 0 amide bonds. The van der Waals surface area contributed by atoms with Crippen LogP contribution in [0.25, 0.3) is 0 Å². The molecule has 0 saturated carbocycles. The molecule has 5 heteroatoms. The summed E-state index contributed by atoms with van der Waals surface area (Å²) in [7, 11) is 0. The second kappa shape index (κ2) is 5.92. The molecule has 0 spiro atoms. The topological polar surface area (TPSA) is 26.0 Å². The molecule has 19 heavy (non-hydrogen) atoms. The van der Waals surface area contributed by atoms with Gasteiger partial charge < -0.3 is 5.73 Å². The van der Waals surface area contributed by atoms with Gasteiger partial charge >= 0.3 is 0 Å².